The summed E-state index contributed by atoms with van der Waals surface area (Å²) in [5, 5.41) is 9.74. The topological polar surface area (TPSA) is 50.9 Å². The first-order valence-electron chi connectivity index (χ1n) is 8.10. The fraction of sp³-hybridized carbons (Fsp3) is 0.100. The van der Waals surface area contributed by atoms with E-state index in [1.807, 2.05) is 47.0 Å². The van der Waals surface area contributed by atoms with E-state index in [0.29, 0.717) is 5.56 Å². The molecule has 0 saturated heterocycles. The van der Waals surface area contributed by atoms with Gasteiger partial charge in [0.05, 0.1) is 17.1 Å². The minimum atomic E-state index is -0.542. The van der Waals surface area contributed by atoms with Crippen molar-refractivity contribution in [1.82, 2.24) is 14.5 Å². The molecule has 26 heavy (non-hydrogen) atoms. The zero-order valence-corrected chi connectivity index (χ0v) is 15.5. The molecule has 0 spiro atoms. The van der Waals surface area contributed by atoms with Crippen LogP contribution in [0.25, 0.3) is 27.8 Å². The van der Waals surface area contributed by atoms with Gasteiger partial charge in [-0.1, -0.05) is 18.2 Å². The van der Waals surface area contributed by atoms with Crippen molar-refractivity contribution in [2.45, 2.75) is 13.0 Å². The number of fused-ring (bicyclic) bond motifs is 1. The van der Waals surface area contributed by atoms with E-state index in [-0.39, 0.29) is 0 Å². The van der Waals surface area contributed by atoms with Gasteiger partial charge >= 0.3 is 0 Å². The van der Waals surface area contributed by atoms with E-state index in [1.165, 1.54) is 6.20 Å². The highest BCUT2D eigenvalue weighted by Crippen LogP contribution is 2.28. The summed E-state index contributed by atoms with van der Waals surface area (Å²) in [6.45, 7) is 1.72. The fourth-order valence-electron chi connectivity index (χ4n) is 2.94. The monoisotopic (exact) mass is 411 g/mol. The molecule has 2 aromatic heterocycles. The highest BCUT2D eigenvalue weighted by molar-refractivity contribution is 9.10. The quantitative estimate of drug-likeness (QED) is 0.480. The molecule has 0 saturated carbocycles. The molecule has 0 aliphatic carbocycles. The smallest absolute Gasteiger partial charge is 0.220 e. The summed E-state index contributed by atoms with van der Waals surface area (Å²) in [4.78, 5) is 8.20. The molecule has 0 aliphatic heterocycles. The summed E-state index contributed by atoms with van der Waals surface area (Å²) in [5.74, 6) is -0.512. The summed E-state index contributed by atoms with van der Waals surface area (Å²) in [5.41, 5.74) is 4.56. The van der Waals surface area contributed by atoms with Gasteiger partial charge in [0.15, 0.2) is 0 Å². The summed E-state index contributed by atoms with van der Waals surface area (Å²) >= 11 is 3.34. The second kappa shape index (κ2) is 6.63. The van der Waals surface area contributed by atoms with Crippen LogP contribution in [0.3, 0.4) is 0 Å². The van der Waals surface area contributed by atoms with Crippen molar-refractivity contribution < 1.29 is 9.50 Å². The van der Waals surface area contributed by atoms with E-state index >= 15 is 0 Å². The van der Waals surface area contributed by atoms with Crippen LogP contribution in [0.2, 0.25) is 0 Å². The zero-order chi connectivity index (χ0) is 18.3. The first-order chi connectivity index (χ1) is 12.5. The average Bonchev–Trinajstić information content (AvgIpc) is 3.07. The van der Waals surface area contributed by atoms with Crippen LogP contribution < -0.4 is 0 Å². The van der Waals surface area contributed by atoms with Gasteiger partial charge in [-0.3, -0.25) is 4.57 Å². The molecule has 0 aliphatic rings. The molecular weight excluding hydrogens is 397 g/mol. The predicted octanol–water partition coefficient (Wildman–Crippen LogP) is 5.04. The highest BCUT2D eigenvalue weighted by Gasteiger charge is 2.11. The van der Waals surface area contributed by atoms with Crippen molar-refractivity contribution in [2.75, 3.05) is 0 Å². The number of nitrogens with zero attached hydrogens (tertiary/aromatic N) is 3. The number of halogens is 2. The summed E-state index contributed by atoms with van der Waals surface area (Å²) in [7, 11) is 0. The zero-order valence-electron chi connectivity index (χ0n) is 13.9. The Hall–Kier alpha value is -2.57. The van der Waals surface area contributed by atoms with Gasteiger partial charge in [0.1, 0.15) is 6.33 Å². The van der Waals surface area contributed by atoms with Gasteiger partial charge < -0.3 is 5.11 Å². The first kappa shape index (κ1) is 16.9. The van der Waals surface area contributed by atoms with Crippen LogP contribution in [-0.4, -0.2) is 19.6 Å². The Balaban J connectivity index is 1.82. The predicted molar refractivity (Wildman–Crippen MR) is 103 cm³/mol. The van der Waals surface area contributed by atoms with E-state index in [1.54, 1.807) is 19.3 Å². The molecule has 4 nitrogen and oxygen atoms in total. The van der Waals surface area contributed by atoms with Gasteiger partial charge in [0.2, 0.25) is 5.95 Å². The van der Waals surface area contributed by atoms with Crippen LogP contribution in [0.4, 0.5) is 4.39 Å². The Morgan fingerprint density at radius 1 is 1.12 bits per heavy atom. The van der Waals surface area contributed by atoms with Crippen LogP contribution in [0.5, 0.6) is 0 Å². The lowest BCUT2D eigenvalue weighted by molar-refractivity contribution is 0.199. The molecule has 130 valence electrons. The van der Waals surface area contributed by atoms with Crippen LogP contribution in [0.15, 0.2) is 65.5 Å². The van der Waals surface area contributed by atoms with Gasteiger partial charge in [0.25, 0.3) is 0 Å². The number of imidazole rings is 1. The first-order valence-corrected chi connectivity index (χ1v) is 8.89. The molecule has 4 rings (SSSR count). The van der Waals surface area contributed by atoms with Crippen LogP contribution in [0.1, 0.15) is 18.6 Å². The number of pyridine rings is 1. The van der Waals surface area contributed by atoms with Crippen molar-refractivity contribution in [1.29, 1.82) is 0 Å². The molecule has 2 heterocycles. The van der Waals surface area contributed by atoms with Crippen molar-refractivity contribution in [3.8, 4) is 16.8 Å². The highest BCUT2D eigenvalue weighted by atomic mass is 79.9. The van der Waals surface area contributed by atoms with Crippen LogP contribution >= 0.6 is 15.9 Å². The summed E-state index contributed by atoms with van der Waals surface area (Å²) < 4.78 is 16.8. The Kier molecular flexibility index (Phi) is 4.30. The van der Waals surface area contributed by atoms with E-state index < -0.39 is 12.1 Å². The number of aliphatic hydroxyl groups is 1. The van der Waals surface area contributed by atoms with E-state index in [9.17, 15) is 9.50 Å². The summed E-state index contributed by atoms with van der Waals surface area (Å²) in [6.07, 6.45) is 2.62. The third kappa shape index (κ3) is 3.02. The Morgan fingerprint density at radius 2 is 1.96 bits per heavy atom. The molecule has 0 fully saturated rings. The lowest BCUT2D eigenvalue weighted by Crippen LogP contribution is -1.95. The van der Waals surface area contributed by atoms with Crippen molar-refractivity contribution >= 4 is 27.0 Å². The van der Waals surface area contributed by atoms with Crippen molar-refractivity contribution in [2.24, 2.45) is 0 Å². The number of hydrogen-bond acceptors (Lipinski definition) is 3. The molecule has 0 radical (unpaired) electrons. The van der Waals surface area contributed by atoms with Gasteiger partial charge in [0, 0.05) is 21.9 Å². The maximum Gasteiger partial charge on any atom is 0.220 e. The van der Waals surface area contributed by atoms with Gasteiger partial charge in [-0.05, 0) is 64.3 Å². The number of aliphatic hydroxyl groups excluding tert-OH is 1. The minimum Gasteiger partial charge on any atom is -0.389 e. The molecule has 4 aromatic rings. The second-order valence-corrected chi connectivity index (χ2v) is 7.00. The fourth-order valence-corrected chi connectivity index (χ4v) is 3.27. The number of benzene rings is 2. The SMILES string of the molecule is C[C@H](O)c1ccc2c(c1)ncn2-c1cccc(-c2cc(Br)cnc2F)c1. The number of rotatable bonds is 3. The maximum atomic E-state index is 14.1. The van der Waals surface area contributed by atoms with E-state index in [4.69, 9.17) is 0 Å². The molecule has 1 N–H and O–H groups in total. The molecule has 1 atom stereocenters. The molecule has 2 aromatic carbocycles. The van der Waals surface area contributed by atoms with Crippen molar-refractivity contribution in [3.05, 3.63) is 77.0 Å². The van der Waals surface area contributed by atoms with Crippen molar-refractivity contribution in [3.63, 3.8) is 0 Å². The maximum absolute atomic E-state index is 14.1. The van der Waals surface area contributed by atoms with Crippen LogP contribution in [0, 0.1) is 5.95 Å². The number of aromatic nitrogens is 3. The van der Waals surface area contributed by atoms with E-state index in [0.717, 1.165) is 32.3 Å². The lowest BCUT2D eigenvalue weighted by atomic mass is 10.1. The molecule has 0 bridgehead atoms. The summed E-state index contributed by atoms with van der Waals surface area (Å²) in [6, 6.07) is 15.0. The van der Waals surface area contributed by atoms with Gasteiger partial charge in [-0.2, -0.15) is 4.39 Å². The third-order valence-corrected chi connectivity index (χ3v) is 4.73. The Labute approximate surface area is 158 Å². The van der Waals surface area contributed by atoms with Gasteiger partial charge in [-0.15, -0.1) is 0 Å². The van der Waals surface area contributed by atoms with E-state index in [2.05, 4.69) is 25.9 Å². The Morgan fingerprint density at radius 3 is 2.77 bits per heavy atom. The minimum absolute atomic E-state index is 0.432. The standard InChI is InChI=1S/C20H15BrFN3O/c1-12(26)13-5-6-19-18(8-13)24-11-25(19)16-4-2-3-14(7-16)17-9-15(21)10-23-20(17)22/h2-12,26H,1H3/t12-/m0/s1. The molecular formula is C20H15BrFN3O. The normalized spacial score (nSPS) is 12.5. The van der Waals surface area contributed by atoms with Gasteiger partial charge in [-0.25, -0.2) is 9.97 Å². The van der Waals surface area contributed by atoms with Crippen LogP contribution in [-0.2, 0) is 0 Å². The third-order valence-electron chi connectivity index (χ3n) is 4.29. The molecule has 0 amide bonds. The average molecular weight is 412 g/mol. The largest absolute Gasteiger partial charge is 0.389 e. The molecule has 0 unspecified atom stereocenters. The Bertz CT molecular complexity index is 1110. The molecule has 6 heteroatoms. The number of hydrogen-bond donors (Lipinski definition) is 1. The lowest BCUT2D eigenvalue weighted by Gasteiger charge is -2.09. The second-order valence-electron chi connectivity index (χ2n) is 6.08.